The van der Waals surface area contributed by atoms with E-state index in [9.17, 15) is 0 Å². The summed E-state index contributed by atoms with van der Waals surface area (Å²) < 4.78 is 5.83. The summed E-state index contributed by atoms with van der Waals surface area (Å²) in [7, 11) is 0. The molecule has 2 aromatic rings. The van der Waals surface area contributed by atoms with Gasteiger partial charge >= 0.3 is 0 Å². The molecule has 0 radical (unpaired) electrons. The molecule has 0 aliphatic carbocycles. The minimum atomic E-state index is 0.832. The van der Waals surface area contributed by atoms with Crippen LogP contribution in [0, 0.1) is 0 Å². The molecule has 23 heavy (non-hydrogen) atoms. The maximum absolute atomic E-state index is 5.83. The van der Waals surface area contributed by atoms with E-state index in [4.69, 9.17) is 4.74 Å². The van der Waals surface area contributed by atoms with Gasteiger partial charge in [0.1, 0.15) is 5.75 Å². The number of rotatable bonds is 11. The number of unbranched alkanes of at least 4 members (excludes halogenated alkanes) is 6. The third-order valence-corrected chi connectivity index (χ3v) is 4.83. The second kappa shape index (κ2) is 11.2. The zero-order valence-corrected chi connectivity index (χ0v) is 15.0. The molecule has 0 fully saturated rings. The lowest BCUT2D eigenvalue weighted by molar-refractivity contribution is 0.304. The molecule has 2 aromatic carbocycles. The fourth-order valence-corrected chi connectivity index (χ4v) is 3.32. The van der Waals surface area contributed by atoms with Crippen LogP contribution in [-0.2, 0) is 0 Å². The molecule has 2 rings (SSSR count). The minimum Gasteiger partial charge on any atom is -0.494 e. The summed E-state index contributed by atoms with van der Waals surface area (Å²) in [6, 6.07) is 18.9. The first-order valence-corrected chi connectivity index (χ1v) is 9.66. The number of benzene rings is 2. The molecular formula is C21H28OS. The molecule has 0 amide bonds. The lowest BCUT2D eigenvalue weighted by atomic mass is 10.1. The molecule has 0 atom stereocenters. The molecule has 0 bridgehead atoms. The third-order valence-electron chi connectivity index (χ3n) is 3.82. The Kier molecular flexibility index (Phi) is 8.72. The Bertz CT molecular complexity index is 521. The van der Waals surface area contributed by atoms with Gasteiger partial charge < -0.3 is 4.74 Å². The van der Waals surface area contributed by atoms with Crippen LogP contribution in [-0.4, -0.2) is 6.61 Å². The van der Waals surface area contributed by atoms with Crippen molar-refractivity contribution < 1.29 is 4.74 Å². The highest BCUT2D eigenvalue weighted by atomic mass is 32.2. The molecule has 124 valence electrons. The van der Waals surface area contributed by atoms with E-state index in [2.05, 4.69) is 55.5 Å². The Hall–Kier alpha value is -1.41. The Morgan fingerprint density at radius 1 is 0.696 bits per heavy atom. The van der Waals surface area contributed by atoms with Gasteiger partial charge in [0.15, 0.2) is 0 Å². The number of hydrogen-bond acceptors (Lipinski definition) is 2. The van der Waals surface area contributed by atoms with Crippen LogP contribution in [0.25, 0.3) is 0 Å². The summed E-state index contributed by atoms with van der Waals surface area (Å²) in [6.45, 7) is 3.09. The van der Waals surface area contributed by atoms with Gasteiger partial charge in [-0.05, 0) is 42.8 Å². The average molecular weight is 329 g/mol. The molecule has 1 nitrogen and oxygen atoms in total. The Morgan fingerprint density at radius 3 is 2.00 bits per heavy atom. The van der Waals surface area contributed by atoms with E-state index in [1.54, 1.807) is 11.8 Å². The van der Waals surface area contributed by atoms with Gasteiger partial charge in [-0.3, -0.25) is 0 Å². The lowest BCUT2D eigenvalue weighted by Crippen LogP contribution is -1.97. The van der Waals surface area contributed by atoms with Crippen LogP contribution in [0.15, 0.2) is 64.4 Å². The topological polar surface area (TPSA) is 9.23 Å². The highest BCUT2D eigenvalue weighted by molar-refractivity contribution is 7.99. The molecule has 0 heterocycles. The molecule has 0 aliphatic heterocycles. The number of ether oxygens (including phenoxy) is 1. The van der Waals surface area contributed by atoms with Crippen LogP contribution >= 0.6 is 11.8 Å². The number of hydrogen-bond donors (Lipinski definition) is 0. The standard InChI is InChI=1S/C21H28OS/c1-2-3-4-5-6-7-11-18-22-19-14-16-21(17-15-19)23-20-12-9-8-10-13-20/h8-10,12-17H,2-7,11,18H2,1H3. The summed E-state index contributed by atoms with van der Waals surface area (Å²) in [6.07, 6.45) is 9.25. The second-order valence-electron chi connectivity index (χ2n) is 5.86. The molecule has 0 N–H and O–H groups in total. The summed E-state index contributed by atoms with van der Waals surface area (Å²) in [5, 5.41) is 0. The largest absolute Gasteiger partial charge is 0.494 e. The summed E-state index contributed by atoms with van der Waals surface area (Å²) >= 11 is 1.78. The van der Waals surface area contributed by atoms with Crippen LogP contribution < -0.4 is 4.74 Å². The quantitative estimate of drug-likeness (QED) is 0.412. The van der Waals surface area contributed by atoms with E-state index in [-0.39, 0.29) is 0 Å². The molecule has 0 unspecified atom stereocenters. The zero-order valence-electron chi connectivity index (χ0n) is 14.2. The Balaban J connectivity index is 1.61. The van der Waals surface area contributed by atoms with Gasteiger partial charge in [-0.15, -0.1) is 0 Å². The predicted molar refractivity (Wildman–Crippen MR) is 100 cm³/mol. The second-order valence-corrected chi connectivity index (χ2v) is 7.00. The van der Waals surface area contributed by atoms with E-state index in [1.165, 1.54) is 48.3 Å². The van der Waals surface area contributed by atoms with Crippen molar-refractivity contribution in [2.75, 3.05) is 6.61 Å². The van der Waals surface area contributed by atoms with Gasteiger partial charge in [0.05, 0.1) is 6.61 Å². The SMILES string of the molecule is CCCCCCCCCOc1ccc(Sc2ccccc2)cc1. The van der Waals surface area contributed by atoms with E-state index in [0.717, 1.165) is 18.8 Å². The van der Waals surface area contributed by atoms with Crippen molar-refractivity contribution in [1.29, 1.82) is 0 Å². The summed E-state index contributed by atoms with van der Waals surface area (Å²) in [4.78, 5) is 2.52. The van der Waals surface area contributed by atoms with Crippen molar-refractivity contribution in [2.45, 2.75) is 61.7 Å². The van der Waals surface area contributed by atoms with Gasteiger partial charge in [-0.1, -0.05) is 75.4 Å². The fraction of sp³-hybridized carbons (Fsp3) is 0.429. The molecule has 0 saturated carbocycles. The Labute approximate surface area is 145 Å². The van der Waals surface area contributed by atoms with Crippen molar-refractivity contribution in [3.8, 4) is 5.75 Å². The van der Waals surface area contributed by atoms with Gasteiger partial charge in [0, 0.05) is 9.79 Å². The van der Waals surface area contributed by atoms with Gasteiger partial charge in [-0.2, -0.15) is 0 Å². The first-order chi connectivity index (χ1) is 11.4. The zero-order chi connectivity index (χ0) is 16.2. The van der Waals surface area contributed by atoms with Crippen molar-refractivity contribution >= 4 is 11.8 Å². The highest BCUT2D eigenvalue weighted by Gasteiger charge is 1.98. The van der Waals surface area contributed by atoms with Crippen LogP contribution in [0.4, 0.5) is 0 Å². The Morgan fingerprint density at radius 2 is 1.30 bits per heavy atom. The maximum Gasteiger partial charge on any atom is 0.119 e. The van der Waals surface area contributed by atoms with Crippen LogP contribution in [0.2, 0.25) is 0 Å². The summed E-state index contributed by atoms with van der Waals surface area (Å²) in [5.41, 5.74) is 0. The molecule has 0 spiro atoms. The first-order valence-electron chi connectivity index (χ1n) is 8.84. The molecule has 0 aromatic heterocycles. The van der Waals surface area contributed by atoms with E-state index < -0.39 is 0 Å². The smallest absolute Gasteiger partial charge is 0.119 e. The van der Waals surface area contributed by atoms with Gasteiger partial charge in [0.25, 0.3) is 0 Å². The van der Waals surface area contributed by atoms with Crippen LogP contribution in [0.3, 0.4) is 0 Å². The van der Waals surface area contributed by atoms with Gasteiger partial charge in [0.2, 0.25) is 0 Å². The maximum atomic E-state index is 5.83. The first kappa shape index (κ1) is 17.9. The monoisotopic (exact) mass is 328 g/mol. The van der Waals surface area contributed by atoms with Crippen molar-refractivity contribution in [3.05, 3.63) is 54.6 Å². The fourth-order valence-electron chi connectivity index (χ4n) is 2.48. The predicted octanol–water partition coefficient (Wildman–Crippen LogP) is 6.97. The van der Waals surface area contributed by atoms with Crippen molar-refractivity contribution in [3.63, 3.8) is 0 Å². The molecule has 0 aliphatic rings. The molecule has 0 saturated heterocycles. The van der Waals surface area contributed by atoms with E-state index in [1.807, 2.05) is 6.07 Å². The normalized spacial score (nSPS) is 10.7. The molecular weight excluding hydrogens is 300 g/mol. The van der Waals surface area contributed by atoms with Crippen LogP contribution in [0.1, 0.15) is 51.9 Å². The third kappa shape index (κ3) is 7.60. The summed E-state index contributed by atoms with van der Waals surface area (Å²) in [5.74, 6) is 0.980. The van der Waals surface area contributed by atoms with Crippen molar-refractivity contribution in [1.82, 2.24) is 0 Å². The van der Waals surface area contributed by atoms with Gasteiger partial charge in [-0.25, -0.2) is 0 Å². The molecule has 2 heteroatoms. The van der Waals surface area contributed by atoms with E-state index >= 15 is 0 Å². The van der Waals surface area contributed by atoms with Crippen LogP contribution in [0.5, 0.6) is 5.75 Å². The minimum absolute atomic E-state index is 0.832. The highest BCUT2D eigenvalue weighted by Crippen LogP contribution is 2.28. The van der Waals surface area contributed by atoms with Crippen molar-refractivity contribution in [2.24, 2.45) is 0 Å². The average Bonchev–Trinajstić information content (AvgIpc) is 2.60. The lowest BCUT2D eigenvalue weighted by Gasteiger charge is -2.07. The van der Waals surface area contributed by atoms with E-state index in [0.29, 0.717) is 0 Å².